The van der Waals surface area contributed by atoms with Gasteiger partial charge < -0.3 is 10.2 Å². The van der Waals surface area contributed by atoms with Crippen LogP contribution in [-0.2, 0) is 13.1 Å². The fourth-order valence-electron chi connectivity index (χ4n) is 4.36. The predicted octanol–water partition coefficient (Wildman–Crippen LogP) is 7.10. The number of nitrogens with one attached hydrogen (secondary N) is 1. The van der Waals surface area contributed by atoms with Gasteiger partial charge in [0, 0.05) is 24.4 Å². The number of nitrogens with zero attached hydrogens (tertiary/aromatic N) is 3. The van der Waals surface area contributed by atoms with Crippen molar-refractivity contribution in [3.63, 3.8) is 0 Å². The van der Waals surface area contributed by atoms with Gasteiger partial charge in [-0.25, -0.2) is 4.68 Å². The van der Waals surface area contributed by atoms with E-state index in [-0.39, 0.29) is 36.0 Å². The molecular weight excluding hydrogens is 509 g/mol. The Morgan fingerprint density at radius 1 is 1.03 bits per heavy atom. The van der Waals surface area contributed by atoms with Crippen LogP contribution in [0.15, 0.2) is 78.2 Å². The maximum Gasteiger partial charge on any atom is 0.410 e. The summed E-state index contributed by atoms with van der Waals surface area (Å²) in [5.74, 6) is -0.531. The Balaban J connectivity index is 1.52. The van der Waals surface area contributed by atoms with E-state index in [9.17, 15) is 18.0 Å². The Morgan fingerprint density at radius 2 is 1.64 bits per heavy atom. The molecule has 0 bridgehead atoms. The van der Waals surface area contributed by atoms with Gasteiger partial charge >= 0.3 is 6.18 Å². The van der Waals surface area contributed by atoms with Crippen LogP contribution in [0.1, 0.15) is 45.0 Å². The standard InChI is InChI=1S/C26H22ClF3N4OS/c27-22-23(25(35)33(15-17-8-3-1-4-9-17)16-18-10-5-2-6-11-18)32-34-21(26(28,29)30)14-19(31-24(22)34)20-12-7-13-36-20/h1-13,19,21,31H,14-16H2. The molecule has 0 fully saturated rings. The van der Waals surface area contributed by atoms with E-state index >= 15 is 0 Å². The molecule has 0 aliphatic carbocycles. The Kier molecular flexibility index (Phi) is 6.77. The number of rotatable bonds is 6. The van der Waals surface area contributed by atoms with Crippen molar-refractivity contribution in [2.75, 3.05) is 5.32 Å². The molecule has 0 saturated carbocycles. The maximum absolute atomic E-state index is 14.1. The molecule has 36 heavy (non-hydrogen) atoms. The third-order valence-electron chi connectivity index (χ3n) is 6.10. The van der Waals surface area contributed by atoms with Crippen LogP contribution in [-0.4, -0.2) is 26.8 Å². The zero-order valence-electron chi connectivity index (χ0n) is 19.0. The molecule has 0 radical (unpaired) electrons. The van der Waals surface area contributed by atoms with Crippen LogP contribution in [0.25, 0.3) is 0 Å². The molecule has 2 atom stereocenters. The first-order valence-corrected chi connectivity index (χ1v) is 12.6. The van der Waals surface area contributed by atoms with Crippen molar-refractivity contribution < 1.29 is 18.0 Å². The van der Waals surface area contributed by atoms with Crippen LogP contribution in [0.5, 0.6) is 0 Å². The summed E-state index contributed by atoms with van der Waals surface area (Å²) in [5.41, 5.74) is 1.56. The van der Waals surface area contributed by atoms with E-state index in [1.165, 1.54) is 11.3 Å². The molecule has 1 aliphatic rings. The molecule has 1 N–H and O–H groups in total. The molecule has 3 heterocycles. The number of carbonyl (C=O) groups is 1. The van der Waals surface area contributed by atoms with Gasteiger partial charge in [0.15, 0.2) is 11.7 Å². The molecule has 5 rings (SSSR count). The summed E-state index contributed by atoms with van der Waals surface area (Å²) in [6.07, 6.45) is -4.81. The van der Waals surface area contributed by atoms with Crippen molar-refractivity contribution in [2.24, 2.45) is 0 Å². The second kappa shape index (κ2) is 9.99. The van der Waals surface area contributed by atoms with E-state index in [1.807, 2.05) is 66.0 Å². The lowest BCUT2D eigenvalue weighted by molar-refractivity contribution is -0.173. The Bertz CT molecular complexity index is 1290. The maximum atomic E-state index is 14.1. The van der Waals surface area contributed by atoms with Crippen LogP contribution >= 0.6 is 22.9 Å². The Morgan fingerprint density at radius 3 is 2.17 bits per heavy atom. The minimum atomic E-state index is -4.56. The SMILES string of the molecule is O=C(c1nn2c(c1Cl)NC(c1cccs1)CC2C(F)(F)F)N(Cc1ccccc1)Cc1ccccc1. The molecule has 186 valence electrons. The first-order chi connectivity index (χ1) is 17.3. The lowest BCUT2D eigenvalue weighted by Gasteiger charge is -2.32. The molecular formula is C26H22ClF3N4OS. The van der Waals surface area contributed by atoms with E-state index in [1.54, 1.807) is 17.0 Å². The monoisotopic (exact) mass is 530 g/mol. The molecule has 2 aromatic carbocycles. The number of aromatic nitrogens is 2. The predicted molar refractivity (Wildman–Crippen MR) is 134 cm³/mol. The zero-order valence-corrected chi connectivity index (χ0v) is 20.5. The lowest BCUT2D eigenvalue weighted by atomic mass is 10.0. The molecule has 2 aromatic heterocycles. The zero-order chi connectivity index (χ0) is 25.3. The average molecular weight is 531 g/mol. The molecule has 1 aliphatic heterocycles. The van der Waals surface area contributed by atoms with E-state index < -0.39 is 24.2 Å². The van der Waals surface area contributed by atoms with Gasteiger partial charge in [0.1, 0.15) is 10.8 Å². The molecule has 10 heteroatoms. The van der Waals surface area contributed by atoms with Crippen molar-refractivity contribution in [1.29, 1.82) is 0 Å². The number of anilines is 1. The summed E-state index contributed by atoms with van der Waals surface area (Å²) >= 11 is 7.94. The minimum absolute atomic E-state index is 0.00589. The van der Waals surface area contributed by atoms with Gasteiger partial charge in [-0.2, -0.15) is 18.3 Å². The van der Waals surface area contributed by atoms with Crippen LogP contribution in [0.3, 0.4) is 0 Å². The third-order valence-corrected chi connectivity index (χ3v) is 7.45. The van der Waals surface area contributed by atoms with Crippen molar-refractivity contribution >= 4 is 34.7 Å². The van der Waals surface area contributed by atoms with Gasteiger partial charge in [-0.3, -0.25) is 4.79 Å². The molecule has 0 saturated heterocycles. The molecule has 4 aromatic rings. The number of fused-ring (bicyclic) bond motifs is 1. The quantitative estimate of drug-likeness (QED) is 0.289. The molecule has 1 amide bonds. The highest BCUT2D eigenvalue weighted by Crippen LogP contribution is 2.47. The van der Waals surface area contributed by atoms with Crippen molar-refractivity contribution in [1.82, 2.24) is 14.7 Å². The Hall–Kier alpha value is -3.30. The lowest BCUT2D eigenvalue weighted by Crippen LogP contribution is -2.35. The fraction of sp³-hybridized carbons (Fsp3) is 0.231. The van der Waals surface area contributed by atoms with E-state index in [0.29, 0.717) is 0 Å². The normalized spacial score (nSPS) is 17.3. The largest absolute Gasteiger partial charge is 0.410 e. The summed E-state index contributed by atoms with van der Waals surface area (Å²) in [7, 11) is 0. The van der Waals surface area contributed by atoms with Gasteiger partial charge in [0.25, 0.3) is 5.91 Å². The van der Waals surface area contributed by atoms with E-state index in [2.05, 4.69) is 10.4 Å². The Labute approximate surface area is 215 Å². The second-order valence-electron chi connectivity index (χ2n) is 8.59. The van der Waals surface area contributed by atoms with Gasteiger partial charge in [-0.1, -0.05) is 78.3 Å². The highest BCUT2D eigenvalue weighted by Gasteiger charge is 2.48. The highest BCUT2D eigenvalue weighted by molar-refractivity contribution is 7.10. The third kappa shape index (κ3) is 4.99. The average Bonchev–Trinajstić information content (AvgIpc) is 3.52. The summed E-state index contributed by atoms with van der Waals surface area (Å²) in [5, 5.41) is 8.93. The minimum Gasteiger partial charge on any atom is -0.361 e. The van der Waals surface area contributed by atoms with E-state index in [4.69, 9.17) is 11.6 Å². The fourth-order valence-corrected chi connectivity index (χ4v) is 5.41. The van der Waals surface area contributed by atoms with Crippen LogP contribution in [0.2, 0.25) is 5.02 Å². The topological polar surface area (TPSA) is 50.2 Å². The van der Waals surface area contributed by atoms with Crippen LogP contribution < -0.4 is 5.32 Å². The van der Waals surface area contributed by atoms with E-state index in [0.717, 1.165) is 20.7 Å². The number of thiophene rings is 1. The second-order valence-corrected chi connectivity index (χ2v) is 9.95. The summed E-state index contributed by atoms with van der Waals surface area (Å²) in [6.45, 7) is 0.502. The number of hydrogen-bond acceptors (Lipinski definition) is 4. The van der Waals surface area contributed by atoms with Crippen LogP contribution in [0, 0.1) is 0 Å². The number of benzene rings is 2. The summed E-state index contributed by atoms with van der Waals surface area (Å²) < 4.78 is 43.1. The summed E-state index contributed by atoms with van der Waals surface area (Å²) in [4.78, 5) is 16.0. The molecule has 5 nitrogen and oxygen atoms in total. The van der Waals surface area contributed by atoms with Gasteiger partial charge in [-0.15, -0.1) is 11.3 Å². The van der Waals surface area contributed by atoms with Crippen molar-refractivity contribution in [3.8, 4) is 0 Å². The van der Waals surface area contributed by atoms with Crippen molar-refractivity contribution in [2.45, 2.75) is 37.8 Å². The van der Waals surface area contributed by atoms with Crippen LogP contribution in [0.4, 0.5) is 19.0 Å². The van der Waals surface area contributed by atoms with Gasteiger partial charge in [0.05, 0.1) is 6.04 Å². The first kappa shape index (κ1) is 24.4. The highest BCUT2D eigenvalue weighted by atomic mass is 35.5. The van der Waals surface area contributed by atoms with Crippen molar-refractivity contribution in [3.05, 3.63) is 105 Å². The smallest absolute Gasteiger partial charge is 0.361 e. The number of carbonyl (C=O) groups excluding carboxylic acids is 1. The first-order valence-electron chi connectivity index (χ1n) is 11.3. The number of hydrogen-bond donors (Lipinski definition) is 1. The number of alkyl halides is 3. The molecule has 2 unspecified atom stereocenters. The number of halogens is 4. The summed E-state index contributed by atoms with van der Waals surface area (Å²) in [6, 6.07) is 19.8. The number of amides is 1. The van der Waals surface area contributed by atoms with Gasteiger partial charge in [0.2, 0.25) is 0 Å². The van der Waals surface area contributed by atoms with Gasteiger partial charge in [-0.05, 0) is 22.6 Å². The molecule has 0 spiro atoms.